The molecule has 0 unspecified atom stereocenters. The number of amides is 1. The van der Waals surface area contributed by atoms with Crippen LogP contribution < -0.4 is 10.9 Å². The van der Waals surface area contributed by atoms with Crippen molar-refractivity contribution in [1.82, 2.24) is 5.32 Å². The van der Waals surface area contributed by atoms with Gasteiger partial charge in [-0.15, -0.1) is 0 Å². The number of hydrogen-bond donors (Lipinski definition) is 1. The van der Waals surface area contributed by atoms with Crippen LogP contribution >= 0.6 is 11.6 Å². The minimum atomic E-state index is -0.475. The summed E-state index contributed by atoms with van der Waals surface area (Å²) in [6.45, 7) is 1.99. The lowest BCUT2D eigenvalue weighted by atomic mass is 10.1. The standard InChI is InChI=1S/C16H12ClNO4/c1-9-5-14-11(7-12(9)17)10(6-15(19)22-14)8-18-16(20)13-3-2-4-21-13/h2-7H,8H2,1H3,(H,18,20). The Kier molecular flexibility index (Phi) is 3.73. The van der Waals surface area contributed by atoms with Crippen LogP contribution in [0.5, 0.6) is 0 Å². The van der Waals surface area contributed by atoms with Crippen molar-refractivity contribution in [3.05, 3.63) is 68.9 Å². The molecule has 2 aromatic heterocycles. The average molecular weight is 318 g/mol. The van der Waals surface area contributed by atoms with Crippen LogP contribution in [-0.2, 0) is 6.54 Å². The predicted molar refractivity (Wildman–Crippen MR) is 82.1 cm³/mol. The van der Waals surface area contributed by atoms with Crippen LogP contribution in [0.2, 0.25) is 5.02 Å². The van der Waals surface area contributed by atoms with Gasteiger partial charge in [0.15, 0.2) is 5.76 Å². The van der Waals surface area contributed by atoms with Crippen molar-refractivity contribution in [2.75, 3.05) is 0 Å². The number of benzene rings is 1. The normalized spacial score (nSPS) is 10.8. The van der Waals surface area contributed by atoms with Crippen molar-refractivity contribution in [1.29, 1.82) is 0 Å². The van der Waals surface area contributed by atoms with Crippen molar-refractivity contribution < 1.29 is 13.6 Å². The molecule has 1 amide bonds. The van der Waals surface area contributed by atoms with E-state index in [1.54, 1.807) is 24.3 Å². The third-order valence-corrected chi connectivity index (χ3v) is 3.70. The zero-order valence-electron chi connectivity index (χ0n) is 11.7. The largest absolute Gasteiger partial charge is 0.459 e. The number of halogens is 1. The SMILES string of the molecule is Cc1cc2oc(=O)cc(CNC(=O)c3ccco3)c2cc1Cl. The van der Waals surface area contributed by atoms with Crippen LogP contribution in [0.15, 0.2) is 50.2 Å². The van der Waals surface area contributed by atoms with E-state index in [1.165, 1.54) is 12.3 Å². The van der Waals surface area contributed by atoms with Gasteiger partial charge in [0.25, 0.3) is 5.91 Å². The highest BCUT2D eigenvalue weighted by Crippen LogP contribution is 2.25. The summed E-state index contributed by atoms with van der Waals surface area (Å²) >= 11 is 6.12. The predicted octanol–water partition coefficient (Wildman–Crippen LogP) is 3.28. The van der Waals surface area contributed by atoms with Crippen molar-refractivity contribution >= 4 is 28.5 Å². The molecule has 1 aromatic carbocycles. The number of fused-ring (bicyclic) bond motifs is 1. The Morgan fingerprint density at radius 3 is 2.86 bits per heavy atom. The lowest BCUT2D eigenvalue weighted by molar-refractivity contribution is 0.0923. The number of carbonyl (C=O) groups is 1. The Hall–Kier alpha value is -2.53. The fourth-order valence-electron chi connectivity index (χ4n) is 2.16. The lowest BCUT2D eigenvalue weighted by Gasteiger charge is -2.08. The minimum absolute atomic E-state index is 0.168. The van der Waals surface area contributed by atoms with Gasteiger partial charge in [0.1, 0.15) is 5.58 Å². The van der Waals surface area contributed by atoms with Crippen molar-refractivity contribution in [3.63, 3.8) is 0 Å². The lowest BCUT2D eigenvalue weighted by Crippen LogP contribution is -2.23. The second-order valence-electron chi connectivity index (χ2n) is 4.85. The molecule has 0 radical (unpaired) electrons. The van der Waals surface area contributed by atoms with Crippen LogP contribution in [0.25, 0.3) is 11.0 Å². The summed E-state index contributed by atoms with van der Waals surface area (Å²) in [6, 6.07) is 7.97. The van der Waals surface area contributed by atoms with Gasteiger partial charge in [-0.3, -0.25) is 4.79 Å². The van der Waals surface area contributed by atoms with Crippen molar-refractivity contribution in [2.24, 2.45) is 0 Å². The van der Waals surface area contributed by atoms with E-state index in [1.807, 2.05) is 6.92 Å². The summed E-state index contributed by atoms with van der Waals surface area (Å²) in [6.07, 6.45) is 1.42. The average Bonchev–Trinajstić information content (AvgIpc) is 3.00. The highest BCUT2D eigenvalue weighted by Gasteiger charge is 2.12. The van der Waals surface area contributed by atoms with E-state index in [-0.39, 0.29) is 18.2 Å². The Labute approximate surface area is 130 Å². The van der Waals surface area contributed by atoms with E-state index in [0.717, 1.165) is 5.56 Å². The first-order chi connectivity index (χ1) is 10.5. The molecule has 6 heteroatoms. The maximum absolute atomic E-state index is 11.9. The highest BCUT2D eigenvalue weighted by atomic mass is 35.5. The summed E-state index contributed by atoms with van der Waals surface area (Å²) < 4.78 is 10.2. The quantitative estimate of drug-likeness (QED) is 0.752. The molecule has 0 bridgehead atoms. The molecule has 0 saturated heterocycles. The second kappa shape index (κ2) is 5.69. The van der Waals surface area contributed by atoms with Gasteiger partial charge in [0.2, 0.25) is 0 Å². The van der Waals surface area contributed by atoms with E-state index in [2.05, 4.69) is 5.32 Å². The molecule has 22 heavy (non-hydrogen) atoms. The van der Waals surface area contributed by atoms with Gasteiger partial charge < -0.3 is 14.2 Å². The van der Waals surface area contributed by atoms with Crippen molar-refractivity contribution in [3.8, 4) is 0 Å². The Morgan fingerprint density at radius 2 is 2.14 bits per heavy atom. The molecule has 5 nitrogen and oxygen atoms in total. The molecule has 0 saturated carbocycles. The van der Waals surface area contributed by atoms with E-state index in [9.17, 15) is 9.59 Å². The van der Waals surface area contributed by atoms with Gasteiger partial charge in [0.05, 0.1) is 6.26 Å². The molecule has 0 atom stereocenters. The van der Waals surface area contributed by atoms with Gasteiger partial charge >= 0.3 is 5.63 Å². The monoisotopic (exact) mass is 317 g/mol. The molecule has 0 aliphatic heterocycles. The number of rotatable bonds is 3. The van der Waals surface area contributed by atoms with Gasteiger partial charge in [-0.25, -0.2) is 4.79 Å². The Morgan fingerprint density at radius 1 is 1.32 bits per heavy atom. The van der Waals surface area contributed by atoms with Crippen LogP contribution in [0.4, 0.5) is 0 Å². The van der Waals surface area contributed by atoms with Crippen LogP contribution in [-0.4, -0.2) is 5.91 Å². The van der Waals surface area contributed by atoms with E-state index in [0.29, 0.717) is 21.6 Å². The Balaban J connectivity index is 1.94. The first kappa shape index (κ1) is 14.4. The Bertz CT molecular complexity index is 896. The van der Waals surface area contributed by atoms with Gasteiger partial charge in [-0.2, -0.15) is 0 Å². The van der Waals surface area contributed by atoms with Crippen LogP contribution in [0.1, 0.15) is 21.7 Å². The third-order valence-electron chi connectivity index (χ3n) is 3.29. The number of furan rings is 1. The first-order valence-electron chi connectivity index (χ1n) is 6.59. The molecular weight excluding hydrogens is 306 g/mol. The second-order valence-corrected chi connectivity index (χ2v) is 5.26. The topological polar surface area (TPSA) is 72.5 Å². The number of carbonyl (C=O) groups excluding carboxylic acids is 1. The number of aryl methyl sites for hydroxylation is 1. The maximum atomic E-state index is 11.9. The third kappa shape index (κ3) is 2.76. The summed E-state index contributed by atoms with van der Waals surface area (Å²) in [4.78, 5) is 23.5. The van der Waals surface area contributed by atoms with E-state index >= 15 is 0 Å². The van der Waals surface area contributed by atoms with E-state index in [4.69, 9.17) is 20.4 Å². The zero-order chi connectivity index (χ0) is 15.7. The summed E-state index contributed by atoms with van der Waals surface area (Å²) in [5, 5.41) is 3.96. The van der Waals surface area contributed by atoms with E-state index < -0.39 is 5.63 Å². The van der Waals surface area contributed by atoms with Gasteiger partial charge in [0, 0.05) is 23.0 Å². The molecule has 0 spiro atoms. The molecule has 0 aliphatic rings. The molecule has 0 aliphatic carbocycles. The highest BCUT2D eigenvalue weighted by molar-refractivity contribution is 6.32. The summed E-state index contributed by atoms with van der Waals surface area (Å²) in [5.74, 6) is -0.147. The van der Waals surface area contributed by atoms with Crippen molar-refractivity contribution in [2.45, 2.75) is 13.5 Å². The molecule has 3 rings (SSSR count). The number of hydrogen-bond acceptors (Lipinski definition) is 4. The molecular formula is C16H12ClNO4. The summed E-state index contributed by atoms with van der Waals surface area (Å²) in [7, 11) is 0. The molecule has 1 N–H and O–H groups in total. The molecule has 3 aromatic rings. The minimum Gasteiger partial charge on any atom is -0.459 e. The molecule has 2 heterocycles. The fourth-order valence-corrected chi connectivity index (χ4v) is 2.33. The smallest absolute Gasteiger partial charge is 0.336 e. The van der Waals surface area contributed by atoms with Gasteiger partial charge in [-0.05, 0) is 42.3 Å². The fraction of sp³-hybridized carbons (Fsp3) is 0.125. The summed E-state index contributed by atoms with van der Waals surface area (Å²) in [5.41, 5.74) is 1.41. The van der Waals surface area contributed by atoms with Crippen LogP contribution in [0.3, 0.4) is 0 Å². The molecule has 112 valence electrons. The molecule has 0 fully saturated rings. The van der Waals surface area contributed by atoms with Crippen LogP contribution in [0, 0.1) is 6.92 Å². The van der Waals surface area contributed by atoms with Gasteiger partial charge in [-0.1, -0.05) is 11.6 Å². The first-order valence-corrected chi connectivity index (χ1v) is 6.97. The maximum Gasteiger partial charge on any atom is 0.336 e. The number of nitrogens with one attached hydrogen (secondary N) is 1. The zero-order valence-corrected chi connectivity index (χ0v) is 12.4.